The Morgan fingerprint density at radius 2 is 1.83 bits per heavy atom. The fourth-order valence-electron chi connectivity index (χ4n) is 2.15. The van der Waals surface area contributed by atoms with Gasteiger partial charge in [-0.05, 0) is 12.8 Å². The number of hydrogen-bond acceptors (Lipinski definition) is 4. The number of carbonyl (C=O) groups excluding carboxylic acids is 1. The molecule has 6 heteroatoms. The predicted molar refractivity (Wildman–Crippen MR) is 85.9 cm³/mol. The van der Waals surface area contributed by atoms with Crippen LogP contribution in [-0.2, 0) is 4.79 Å². The molecular formula is C17H19N3O3. The van der Waals surface area contributed by atoms with E-state index in [1.165, 1.54) is 6.20 Å². The molecule has 2 aromatic rings. The highest BCUT2D eigenvalue weighted by molar-refractivity contribution is 5.97. The van der Waals surface area contributed by atoms with E-state index in [1.54, 1.807) is 20.8 Å². The van der Waals surface area contributed by atoms with Gasteiger partial charge < -0.3 is 10.4 Å². The molecule has 0 radical (unpaired) electrons. The number of carbonyl (C=O) groups is 2. The lowest BCUT2D eigenvalue weighted by Crippen LogP contribution is -2.44. The van der Waals surface area contributed by atoms with Gasteiger partial charge >= 0.3 is 5.97 Å². The highest BCUT2D eigenvalue weighted by atomic mass is 16.4. The van der Waals surface area contributed by atoms with Crippen molar-refractivity contribution in [2.24, 2.45) is 5.92 Å². The van der Waals surface area contributed by atoms with Gasteiger partial charge in [0.2, 0.25) is 0 Å². The molecular weight excluding hydrogens is 294 g/mol. The molecule has 0 bridgehead atoms. The average Bonchev–Trinajstić information content (AvgIpc) is 2.52. The molecule has 0 aliphatic rings. The van der Waals surface area contributed by atoms with Crippen LogP contribution in [0.1, 0.15) is 29.9 Å². The van der Waals surface area contributed by atoms with Crippen molar-refractivity contribution >= 4 is 11.9 Å². The van der Waals surface area contributed by atoms with Crippen LogP contribution in [0.25, 0.3) is 11.4 Å². The topological polar surface area (TPSA) is 92.2 Å². The normalized spacial score (nSPS) is 12.0. The first-order valence-corrected chi connectivity index (χ1v) is 7.33. The number of aromatic nitrogens is 2. The minimum absolute atomic E-state index is 0.221. The van der Waals surface area contributed by atoms with Gasteiger partial charge in [0.05, 0.1) is 11.3 Å². The molecule has 0 spiro atoms. The van der Waals surface area contributed by atoms with E-state index < -0.39 is 17.9 Å². The van der Waals surface area contributed by atoms with Crippen LogP contribution in [0.15, 0.2) is 36.5 Å². The van der Waals surface area contributed by atoms with Crippen molar-refractivity contribution in [3.05, 3.63) is 47.8 Å². The van der Waals surface area contributed by atoms with Crippen molar-refractivity contribution in [2.75, 3.05) is 0 Å². The Bertz CT molecular complexity index is 714. The van der Waals surface area contributed by atoms with E-state index in [0.717, 1.165) is 5.56 Å². The largest absolute Gasteiger partial charge is 0.480 e. The van der Waals surface area contributed by atoms with Gasteiger partial charge in [0.15, 0.2) is 5.82 Å². The smallest absolute Gasteiger partial charge is 0.326 e. The van der Waals surface area contributed by atoms with E-state index in [1.807, 2.05) is 30.3 Å². The summed E-state index contributed by atoms with van der Waals surface area (Å²) >= 11 is 0. The third kappa shape index (κ3) is 3.91. The van der Waals surface area contributed by atoms with Crippen LogP contribution < -0.4 is 5.32 Å². The maximum absolute atomic E-state index is 12.3. The van der Waals surface area contributed by atoms with Crippen LogP contribution in [-0.4, -0.2) is 33.0 Å². The zero-order valence-electron chi connectivity index (χ0n) is 13.3. The number of nitrogens with zero attached hydrogens (tertiary/aromatic N) is 2. The fourth-order valence-corrected chi connectivity index (χ4v) is 2.15. The molecule has 2 N–H and O–H groups in total. The molecule has 120 valence electrons. The van der Waals surface area contributed by atoms with Crippen molar-refractivity contribution in [2.45, 2.75) is 26.8 Å². The first kappa shape index (κ1) is 16.6. The summed E-state index contributed by atoms with van der Waals surface area (Å²) in [7, 11) is 0. The van der Waals surface area contributed by atoms with Crippen molar-refractivity contribution < 1.29 is 14.7 Å². The van der Waals surface area contributed by atoms with Crippen LogP contribution in [0, 0.1) is 12.8 Å². The molecule has 0 fully saturated rings. The lowest BCUT2D eigenvalue weighted by Gasteiger charge is -2.18. The minimum atomic E-state index is -1.06. The van der Waals surface area contributed by atoms with E-state index >= 15 is 0 Å². The van der Waals surface area contributed by atoms with Crippen molar-refractivity contribution in [1.29, 1.82) is 0 Å². The van der Waals surface area contributed by atoms with Gasteiger partial charge in [-0.15, -0.1) is 0 Å². The Labute approximate surface area is 134 Å². The highest BCUT2D eigenvalue weighted by Crippen LogP contribution is 2.16. The minimum Gasteiger partial charge on any atom is -0.480 e. The van der Waals surface area contributed by atoms with Crippen LogP contribution >= 0.6 is 0 Å². The molecule has 23 heavy (non-hydrogen) atoms. The number of aryl methyl sites for hydroxylation is 1. The molecule has 1 heterocycles. The maximum Gasteiger partial charge on any atom is 0.326 e. The predicted octanol–water partition coefficient (Wildman–Crippen LogP) is 2.29. The van der Waals surface area contributed by atoms with E-state index in [0.29, 0.717) is 11.5 Å². The van der Waals surface area contributed by atoms with Gasteiger partial charge in [-0.3, -0.25) is 4.79 Å². The van der Waals surface area contributed by atoms with E-state index in [9.17, 15) is 9.59 Å². The molecule has 6 nitrogen and oxygen atoms in total. The summed E-state index contributed by atoms with van der Waals surface area (Å²) in [5, 5.41) is 11.7. The quantitative estimate of drug-likeness (QED) is 0.883. The van der Waals surface area contributed by atoms with E-state index in [2.05, 4.69) is 15.3 Å². The van der Waals surface area contributed by atoms with Crippen molar-refractivity contribution in [3.8, 4) is 11.4 Å². The second kappa shape index (κ2) is 7.00. The average molecular weight is 313 g/mol. The third-order valence-electron chi connectivity index (χ3n) is 3.48. The molecule has 2 rings (SSSR count). The van der Waals surface area contributed by atoms with Gasteiger partial charge in [-0.25, -0.2) is 14.8 Å². The summed E-state index contributed by atoms with van der Waals surface area (Å²) in [5.41, 5.74) is 1.63. The summed E-state index contributed by atoms with van der Waals surface area (Å²) in [4.78, 5) is 32.0. The lowest BCUT2D eigenvalue weighted by molar-refractivity contribution is -0.140. The number of carboxylic acid groups (broad SMARTS) is 1. The Hall–Kier alpha value is -2.76. The molecule has 1 aromatic heterocycles. The number of hydrogen-bond donors (Lipinski definition) is 2. The van der Waals surface area contributed by atoms with Crippen LogP contribution in [0.3, 0.4) is 0 Å². The number of aliphatic carboxylic acids is 1. The Balaban J connectivity index is 2.24. The van der Waals surface area contributed by atoms with Gasteiger partial charge in [0.25, 0.3) is 5.91 Å². The maximum atomic E-state index is 12.3. The standard InChI is InChI=1S/C17H19N3O3/c1-10(2)14(17(22)23)20-16(21)13-9-18-15(19-11(13)3)12-7-5-4-6-8-12/h4-10,14H,1-3H3,(H,20,21)(H,22,23). The van der Waals surface area contributed by atoms with Crippen LogP contribution in [0.4, 0.5) is 0 Å². The van der Waals surface area contributed by atoms with Crippen molar-refractivity contribution in [3.63, 3.8) is 0 Å². The van der Waals surface area contributed by atoms with Gasteiger partial charge in [-0.1, -0.05) is 44.2 Å². The molecule has 0 saturated heterocycles. The molecule has 0 aliphatic heterocycles. The van der Waals surface area contributed by atoms with Crippen molar-refractivity contribution in [1.82, 2.24) is 15.3 Å². The second-order valence-corrected chi connectivity index (χ2v) is 5.59. The Kier molecular flexibility index (Phi) is 5.05. The first-order valence-electron chi connectivity index (χ1n) is 7.33. The number of amides is 1. The van der Waals surface area contributed by atoms with Crippen LogP contribution in [0.2, 0.25) is 0 Å². The van der Waals surface area contributed by atoms with Gasteiger partial charge in [0.1, 0.15) is 6.04 Å². The second-order valence-electron chi connectivity index (χ2n) is 5.59. The Morgan fingerprint density at radius 1 is 1.17 bits per heavy atom. The SMILES string of the molecule is Cc1nc(-c2ccccc2)ncc1C(=O)NC(C(=O)O)C(C)C. The summed E-state index contributed by atoms with van der Waals surface area (Å²) in [6, 6.07) is 8.48. The summed E-state index contributed by atoms with van der Waals surface area (Å²) in [6.45, 7) is 5.18. The van der Waals surface area contributed by atoms with Gasteiger partial charge in [-0.2, -0.15) is 0 Å². The fraction of sp³-hybridized carbons (Fsp3) is 0.294. The number of nitrogens with one attached hydrogen (secondary N) is 1. The molecule has 0 saturated carbocycles. The molecule has 0 aliphatic carbocycles. The van der Waals surface area contributed by atoms with E-state index in [4.69, 9.17) is 5.11 Å². The number of rotatable bonds is 5. The molecule has 1 amide bonds. The first-order chi connectivity index (χ1) is 10.9. The third-order valence-corrected chi connectivity index (χ3v) is 3.48. The van der Waals surface area contributed by atoms with Gasteiger partial charge in [0, 0.05) is 11.8 Å². The Morgan fingerprint density at radius 3 is 2.35 bits per heavy atom. The summed E-state index contributed by atoms with van der Waals surface area (Å²) in [6.07, 6.45) is 1.43. The number of carboxylic acids is 1. The zero-order valence-corrected chi connectivity index (χ0v) is 13.3. The molecule has 1 atom stereocenters. The summed E-state index contributed by atoms with van der Waals surface area (Å²) in [5.74, 6) is -1.24. The molecule has 1 aromatic carbocycles. The zero-order chi connectivity index (χ0) is 17.0. The number of benzene rings is 1. The summed E-state index contributed by atoms with van der Waals surface area (Å²) < 4.78 is 0. The molecule has 1 unspecified atom stereocenters. The highest BCUT2D eigenvalue weighted by Gasteiger charge is 2.25. The lowest BCUT2D eigenvalue weighted by atomic mass is 10.0. The monoisotopic (exact) mass is 313 g/mol. The van der Waals surface area contributed by atoms with Crippen LogP contribution in [0.5, 0.6) is 0 Å². The van der Waals surface area contributed by atoms with E-state index in [-0.39, 0.29) is 11.5 Å².